The number of hydrogen-bond acceptors (Lipinski definition) is 3. The quantitative estimate of drug-likeness (QED) is 0.726. The largest absolute Gasteiger partial charge is 0.335 e. The topological polar surface area (TPSA) is 33.2 Å². The van der Waals surface area contributed by atoms with E-state index in [9.17, 15) is 4.79 Å². The van der Waals surface area contributed by atoms with Crippen LogP contribution in [-0.2, 0) is 11.3 Å². The molecule has 0 spiro atoms. The molecule has 2 rings (SSSR count). The van der Waals surface area contributed by atoms with Crippen molar-refractivity contribution in [1.82, 2.24) is 9.88 Å². The third kappa shape index (κ3) is 2.07. The van der Waals surface area contributed by atoms with Crippen LogP contribution in [0.3, 0.4) is 0 Å². The SMILES string of the molecule is Cc1nc(CN2CC(Cl)CC2=O)cs1. The van der Waals surface area contributed by atoms with Crippen molar-refractivity contribution in [1.29, 1.82) is 0 Å². The van der Waals surface area contributed by atoms with Crippen molar-refractivity contribution < 1.29 is 4.79 Å². The summed E-state index contributed by atoms with van der Waals surface area (Å²) in [4.78, 5) is 17.5. The molecule has 1 atom stereocenters. The van der Waals surface area contributed by atoms with E-state index in [1.54, 1.807) is 16.2 Å². The summed E-state index contributed by atoms with van der Waals surface area (Å²) in [7, 11) is 0. The van der Waals surface area contributed by atoms with Gasteiger partial charge in [-0.15, -0.1) is 22.9 Å². The number of likely N-dealkylation sites (tertiary alicyclic amines) is 1. The fraction of sp³-hybridized carbons (Fsp3) is 0.556. The summed E-state index contributed by atoms with van der Waals surface area (Å²) < 4.78 is 0. The lowest BCUT2D eigenvalue weighted by Crippen LogP contribution is -2.24. The number of rotatable bonds is 2. The van der Waals surface area contributed by atoms with Gasteiger partial charge in [-0.3, -0.25) is 4.79 Å². The summed E-state index contributed by atoms with van der Waals surface area (Å²) in [6.07, 6.45) is 0.463. The van der Waals surface area contributed by atoms with Crippen molar-refractivity contribution in [2.24, 2.45) is 0 Å². The molecule has 14 heavy (non-hydrogen) atoms. The normalized spacial score (nSPS) is 22.0. The zero-order chi connectivity index (χ0) is 10.1. The summed E-state index contributed by atoms with van der Waals surface area (Å²) in [6.45, 7) is 3.22. The van der Waals surface area contributed by atoms with Crippen molar-refractivity contribution in [3.63, 3.8) is 0 Å². The Hall–Kier alpha value is -0.610. The highest BCUT2D eigenvalue weighted by atomic mass is 35.5. The number of aromatic nitrogens is 1. The molecule has 0 saturated carbocycles. The van der Waals surface area contributed by atoms with Gasteiger partial charge in [-0.1, -0.05) is 0 Å². The van der Waals surface area contributed by atoms with Crippen LogP contribution in [-0.4, -0.2) is 27.7 Å². The molecule has 0 aliphatic carbocycles. The summed E-state index contributed by atoms with van der Waals surface area (Å²) in [5, 5.41) is 3.00. The molecule has 1 saturated heterocycles. The minimum absolute atomic E-state index is 0.0257. The number of amides is 1. The maximum Gasteiger partial charge on any atom is 0.224 e. The van der Waals surface area contributed by atoms with Gasteiger partial charge in [0.15, 0.2) is 0 Å². The maximum absolute atomic E-state index is 11.4. The summed E-state index contributed by atoms with van der Waals surface area (Å²) >= 11 is 7.50. The molecule has 0 bridgehead atoms. The van der Waals surface area contributed by atoms with Crippen LogP contribution < -0.4 is 0 Å². The second kappa shape index (κ2) is 3.87. The number of carbonyl (C=O) groups is 1. The minimum Gasteiger partial charge on any atom is -0.335 e. The Morgan fingerprint density at radius 3 is 3.07 bits per heavy atom. The van der Waals surface area contributed by atoms with Crippen LogP contribution in [0, 0.1) is 6.92 Å². The zero-order valence-corrected chi connectivity index (χ0v) is 9.44. The van der Waals surface area contributed by atoms with Crippen molar-refractivity contribution in [2.45, 2.75) is 25.3 Å². The highest BCUT2D eigenvalue weighted by Crippen LogP contribution is 2.19. The molecule has 1 aliphatic heterocycles. The van der Waals surface area contributed by atoms with E-state index < -0.39 is 0 Å². The Balaban J connectivity index is 2.01. The van der Waals surface area contributed by atoms with Gasteiger partial charge in [-0.05, 0) is 6.92 Å². The van der Waals surface area contributed by atoms with E-state index in [1.807, 2.05) is 12.3 Å². The average Bonchev–Trinajstić information content (AvgIpc) is 2.61. The standard InChI is InChI=1S/C9H11ClN2OS/c1-6-11-8(5-14-6)4-12-3-7(10)2-9(12)13/h5,7H,2-4H2,1H3. The molecule has 3 nitrogen and oxygen atoms in total. The number of alkyl halides is 1. The minimum atomic E-state index is -0.0257. The lowest BCUT2D eigenvalue weighted by Gasteiger charge is -2.13. The molecule has 1 fully saturated rings. The van der Waals surface area contributed by atoms with Gasteiger partial charge < -0.3 is 4.90 Å². The number of halogens is 1. The van der Waals surface area contributed by atoms with Crippen molar-refractivity contribution >= 4 is 28.8 Å². The zero-order valence-electron chi connectivity index (χ0n) is 7.86. The van der Waals surface area contributed by atoms with E-state index in [2.05, 4.69) is 4.98 Å². The number of carbonyl (C=O) groups excluding carboxylic acids is 1. The van der Waals surface area contributed by atoms with E-state index in [0.717, 1.165) is 10.7 Å². The van der Waals surface area contributed by atoms with Crippen LogP contribution >= 0.6 is 22.9 Å². The Morgan fingerprint density at radius 1 is 1.79 bits per heavy atom. The van der Waals surface area contributed by atoms with Crippen LogP contribution in [0.15, 0.2) is 5.38 Å². The Morgan fingerprint density at radius 2 is 2.57 bits per heavy atom. The second-order valence-electron chi connectivity index (χ2n) is 3.43. The molecule has 1 unspecified atom stereocenters. The first-order valence-corrected chi connectivity index (χ1v) is 5.79. The van der Waals surface area contributed by atoms with Gasteiger partial charge in [0.1, 0.15) is 0 Å². The van der Waals surface area contributed by atoms with Crippen molar-refractivity contribution in [3.8, 4) is 0 Å². The third-order valence-corrected chi connectivity index (χ3v) is 3.30. The molecular weight excluding hydrogens is 220 g/mol. The first-order valence-electron chi connectivity index (χ1n) is 4.48. The van der Waals surface area contributed by atoms with Gasteiger partial charge in [0.05, 0.1) is 22.6 Å². The molecule has 5 heteroatoms. The fourth-order valence-electron chi connectivity index (χ4n) is 1.55. The van der Waals surface area contributed by atoms with Gasteiger partial charge in [-0.2, -0.15) is 0 Å². The Kier molecular flexibility index (Phi) is 2.74. The molecule has 0 N–H and O–H groups in total. The molecule has 76 valence electrons. The maximum atomic E-state index is 11.4. The number of aryl methyl sites for hydroxylation is 1. The smallest absolute Gasteiger partial charge is 0.224 e. The third-order valence-electron chi connectivity index (χ3n) is 2.19. The Labute approximate surface area is 91.7 Å². The highest BCUT2D eigenvalue weighted by molar-refractivity contribution is 7.09. The molecule has 0 radical (unpaired) electrons. The van der Waals surface area contributed by atoms with Crippen LogP contribution in [0.1, 0.15) is 17.1 Å². The van der Waals surface area contributed by atoms with Crippen molar-refractivity contribution in [2.75, 3.05) is 6.54 Å². The van der Waals surface area contributed by atoms with Crippen LogP contribution in [0.4, 0.5) is 0 Å². The molecule has 1 aromatic rings. The first-order chi connectivity index (χ1) is 6.65. The van der Waals surface area contributed by atoms with E-state index in [0.29, 0.717) is 19.5 Å². The van der Waals surface area contributed by atoms with Gasteiger partial charge in [0.2, 0.25) is 5.91 Å². The van der Waals surface area contributed by atoms with Gasteiger partial charge in [-0.25, -0.2) is 4.98 Å². The van der Waals surface area contributed by atoms with Gasteiger partial charge in [0, 0.05) is 18.3 Å². The molecular formula is C9H11ClN2OS. The Bertz CT molecular complexity index is 352. The molecule has 1 amide bonds. The fourth-order valence-corrected chi connectivity index (χ4v) is 2.46. The predicted octanol–water partition coefficient (Wildman–Crippen LogP) is 1.79. The van der Waals surface area contributed by atoms with Crippen molar-refractivity contribution in [3.05, 3.63) is 16.1 Å². The second-order valence-corrected chi connectivity index (χ2v) is 5.11. The van der Waals surface area contributed by atoms with Gasteiger partial charge >= 0.3 is 0 Å². The monoisotopic (exact) mass is 230 g/mol. The predicted molar refractivity (Wildman–Crippen MR) is 56.5 cm³/mol. The molecule has 2 heterocycles. The van der Waals surface area contributed by atoms with Crippen LogP contribution in [0.2, 0.25) is 0 Å². The van der Waals surface area contributed by atoms with E-state index in [4.69, 9.17) is 11.6 Å². The lowest BCUT2D eigenvalue weighted by molar-refractivity contribution is -0.128. The highest BCUT2D eigenvalue weighted by Gasteiger charge is 2.28. The van der Waals surface area contributed by atoms with Crippen LogP contribution in [0.25, 0.3) is 0 Å². The summed E-state index contributed by atoms with van der Waals surface area (Å²) in [6, 6.07) is 0. The van der Waals surface area contributed by atoms with Crippen LogP contribution in [0.5, 0.6) is 0 Å². The molecule has 1 aromatic heterocycles. The lowest BCUT2D eigenvalue weighted by atomic mass is 10.4. The number of nitrogens with zero attached hydrogens (tertiary/aromatic N) is 2. The molecule has 0 aromatic carbocycles. The van der Waals surface area contributed by atoms with Gasteiger partial charge in [0.25, 0.3) is 0 Å². The van der Waals surface area contributed by atoms with E-state index >= 15 is 0 Å². The number of thiazole rings is 1. The van der Waals surface area contributed by atoms with E-state index in [1.165, 1.54) is 0 Å². The summed E-state index contributed by atoms with van der Waals surface area (Å²) in [5.41, 5.74) is 0.964. The summed E-state index contributed by atoms with van der Waals surface area (Å²) in [5.74, 6) is 0.135. The number of hydrogen-bond donors (Lipinski definition) is 0. The average molecular weight is 231 g/mol. The molecule has 1 aliphatic rings. The van der Waals surface area contributed by atoms with E-state index in [-0.39, 0.29) is 11.3 Å². The first kappa shape index (κ1) is 9.93.